The number of amides is 1. The third kappa shape index (κ3) is 5.18. The number of nitrogens with two attached hydrogens (primary N) is 1. The molecule has 1 saturated heterocycles. The van der Waals surface area contributed by atoms with Gasteiger partial charge in [-0.15, -0.1) is 0 Å². The quantitative estimate of drug-likeness (QED) is 0.681. The number of ether oxygens (including phenoxy) is 2. The third-order valence-corrected chi connectivity index (χ3v) is 6.07. The maximum Gasteiger partial charge on any atom is 0.410 e. The van der Waals surface area contributed by atoms with E-state index in [4.69, 9.17) is 15.3 Å². The molecule has 0 bridgehead atoms. The highest BCUT2D eigenvalue weighted by molar-refractivity contribution is 5.69. The summed E-state index contributed by atoms with van der Waals surface area (Å²) in [4.78, 5) is 25.0. The topological polar surface area (TPSA) is 98.2 Å². The van der Waals surface area contributed by atoms with Gasteiger partial charge in [0.1, 0.15) is 23.8 Å². The van der Waals surface area contributed by atoms with E-state index >= 15 is 0 Å². The molecule has 182 valence electrons. The second kappa shape index (κ2) is 9.79. The summed E-state index contributed by atoms with van der Waals surface area (Å²) >= 11 is 0. The molecule has 9 nitrogen and oxygen atoms in total. The minimum absolute atomic E-state index is 0.162. The van der Waals surface area contributed by atoms with Gasteiger partial charge in [-0.05, 0) is 57.7 Å². The summed E-state index contributed by atoms with van der Waals surface area (Å²) in [5.41, 5.74) is 2.14. The Morgan fingerprint density at radius 2 is 2.15 bits per heavy atom. The molecule has 2 aromatic rings. The van der Waals surface area contributed by atoms with E-state index in [2.05, 4.69) is 27.5 Å². The summed E-state index contributed by atoms with van der Waals surface area (Å²) in [6, 6.07) is 8.16. The molecule has 0 aliphatic carbocycles. The Labute approximate surface area is 200 Å². The Bertz CT molecular complexity index is 1120. The van der Waals surface area contributed by atoms with Crippen molar-refractivity contribution in [2.24, 2.45) is 4.99 Å². The largest absolute Gasteiger partial charge is 0.491 e. The summed E-state index contributed by atoms with van der Waals surface area (Å²) in [5.74, 6) is 7.93. The highest BCUT2D eigenvalue weighted by Gasteiger charge is 2.30. The van der Waals surface area contributed by atoms with Crippen LogP contribution in [0.4, 0.5) is 10.6 Å². The zero-order valence-electron chi connectivity index (χ0n) is 20.2. The van der Waals surface area contributed by atoms with Crippen molar-refractivity contribution >= 4 is 11.9 Å². The van der Waals surface area contributed by atoms with Gasteiger partial charge in [0.15, 0.2) is 0 Å². The SMILES string of the molecule is C=C/N=c1/nccc(N2CCC[C@@H]2COc2cccc3c2CN(C(=O)OC(C)(C)C)CC3)n1N. The number of aromatic nitrogens is 2. The first-order chi connectivity index (χ1) is 16.3. The molecular weight excluding hydrogens is 432 g/mol. The summed E-state index contributed by atoms with van der Waals surface area (Å²) in [6.45, 7) is 11.8. The Morgan fingerprint density at radius 1 is 1.32 bits per heavy atom. The highest BCUT2D eigenvalue weighted by atomic mass is 16.6. The zero-order valence-corrected chi connectivity index (χ0v) is 20.2. The molecule has 0 radical (unpaired) electrons. The Balaban J connectivity index is 1.49. The Kier molecular flexibility index (Phi) is 6.81. The molecule has 4 rings (SSSR count). The number of hydrogen-bond donors (Lipinski definition) is 1. The lowest BCUT2D eigenvalue weighted by molar-refractivity contribution is 0.0222. The fourth-order valence-corrected chi connectivity index (χ4v) is 4.49. The molecule has 2 aliphatic heterocycles. The van der Waals surface area contributed by atoms with Crippen molar-refractivity contribution in [3.05, 3.63) is 60.0 Å². The van der Waals surface area contributed by atoms with Gasteiger partial charge in [0.25, 0.3) is 0 Å². The number of nitrogen functional groups attached to an aromatic ring is 1. The summed E-state index contributed by atoms with van der Waals surface area (Å²) in [6.07, 6.45) is 5.66. The van der Waals surface area contributed by atoms with E-state index in [9.17, 15) is 4.79 Å². The van der Waals surface area contributed by atoms with Gasteiger partial charge in [0.05, 0.1) is 12.6 Å². The molecule has 0 unspecified atom stereocenters. The minimum atomic E-state index is -0.523. The van der Waals surface area contributed by atoms with Crippen LogP contribution in [0.25, 0.3) is 0 Å². The van der Waals surface area contributed by atoms with E-state index < -0.39 is 5.60 Å². The molecule has 1 aromatic carbocycles. The maximum absolute atomic E-state index is 12.6. The zero-order chi connectivity index (χ0) is 24.3. The third-order valence-electron chi connectivity index (χ3n) is 6.07. The minimum Gasteiger partial charge on any atom is -0.491 e. The number of anilines is 1. The van der Waals surface area contributed by atoms with Crippen LogP contribution < -0.4 is 21.1 Å². The van der Waals surface area contributed by atoms with Crippen LogP contribution >= 0.6 is 0 Å². The molecule has 1 fully saturated rings. The lowest BCUT2D eigenvalue weighted by atomic mass is 9.99. The molecule has 3 heterocycles. The van der Waals surface area contributed by atoms with Crippen LogP contribution in [-0.4, -0.2) is 52.0 Å². The Morgan fingerprint density at radius 3 is 2.91 bits per heavy atom. The lowest BCUT2D eigenvalue weighted by Crippen LogP contribution is -2.41. The maximum atomic E-state index is 12.6. The van der Waals surface area contributed by atoms with Crippen molar-refractivity contribution in [2.45, 2.75) is 58.2 Å². The van der Waals surface area contributed by atoms with Gasteiger partial charge < -0.3 is 25.1 Å². The number of benzene rings is 1. The standard InChI is InChI=1S/C25H34N6O3/c1-5-27-23-28-13-11-22(31(23)26)30-14-7-9-19(30)17-33-21-10-6-8-18-12-15-29(16-20(18)21)24(32)34-25(2,3)4/h5-6,8,10-11,13,19H,1,7,9,12,14-17,26H2,2-4H3/b27-23-/t19-/m1/s1. The van der Waals surface area contributed by atoms with Crippen LogP contribution in [0.3, 0.4) is 0 Å². The molecule has 1 aromatic heterocycles. The number of carbonyl (C=O) groups excluding carboxylic acids is 1. The van der Waals surface area contributed by atoms with Gasteiger partial charge in [-0.1, -0.05) is 18.7 Å². The predicted molar refractivity (Wildman–Crippen MR) is 131 cm³/mol. The first kappa shape index (κ1) is 23.7. The highest BCUT2D eigenvalue weighted by Crippen LogP contribution is 2.31. The molecule has 0 spiro atoms. The lowest BCUT2D eigenvalue weighted by Gasteiger charge is -2.32. The average molecular weight is 467 g/mol. The van der Waals surface area contributed by atoms with E-state index in [1.807, 2.05) is 39.0 Å². The number of rotatable bonds is 5. The van der Waals surface area contributed by atoms with Crippen LogP contribution in [-0.2, 0) is 17.7 Å². The van der Waals surface area contributed by atoms with Gasteiger partial charge in [-0.2, -0.15) is 0 Å². The molecule has 2 N–H and O–H groups in total. The van der Waals surface area contributed by atoms with Crippen LogP contribution in [0.2, 0.25) is 0 Å². The second-order valence-electron chi connectivity index (χ2n) is 9.63. The van der Waals surface area contributed by atoms with Crippen molar-refractivity contribution in [3.63, 3.8) is 0 Å². The molecular formula is C25H34N6O3. The smallest absolute Gasteiger partial charge is 0.410 e. The number of fused-ring (bicyclic) bond motifs is 1. The molecule has 34 heavy (non-hydrogen) atoms. The van der Waals surface area contributed by atoms with Crippen molar-refractivity contribution in [2.75, 3.05) is 30.4 Å². The summed E-state index contributed by atoms with van der Waals surface area (Å²) in [5, 5.41) is 0. The predicted octanol–water partition coefficient (Wildman–Crippen LogP) is 2.98. The normalized spacial score (nSPS) is 18.6. The molecule has 9 heteroatoms. The first-order valence-electron chi connectivity index (χ1n) is 11.7. The second-order valence-corrected chi connectivity index (χ2v) is 9.63. The van der Waals surface area contributed by atoms with Crippen molar-refractivity contribution in [1.82, 2.24) is 14.6 Å². The van der Waals surface area contributed by atoms with Gasteiger partial charge in [-0.3, -0.25) is 0 Å². The van der Waals surface area contributed by atoms with Crippen LogP contribution in [0.15, 0.2) is 48.2 Å². The van der Waals surface area contributed by atoms with Crippen molar-refractivity contribution in [3.8, 4) is 5.75 Å². The van der Waals surface area contributed by atoms with Gasteiger partial charge in [0, 0.05) is 31.0 Å². The van der Waals surface area contributed by atoms with Gasteiger partial charge in [0.2, 0.25) is 5.62 Å². The molecule has 1 atom stereocenters. The van der Waals surface area contributed by atoms with E-state index in [-0.39, 0.29) is 12.1 Å². The van der Waals surface area contributed by atoms with Gasteiger partial charge in [-0.25, -0.2) is 19.4 Å². The summed E-state index contributed by atoms with van der Waals surface area (Å²) < 4.78 is 13.4. The van der Waals surface area contributed by atoms with Crippen LogP contribution in [0.5, 0.6) is 5.75 Å². The van der Waals surface area contributed by atoms with Crippen molar-refractivity contribution < 1.29 is 14.3 Å². The van der Waals surface area contributed by atoms with Gasteiger partial charge >= 0.3 is 6.09 Å². The van der Waals surface area contributed by atoms with Crippen molar-refractivity contribution in [1.29, 1.82) is 0 Å². The number of nitrogens with zero attached hydrogens (tertiary/aromatic N) is 5. The fraction of sp³-hybridized carbons (Fsp3) is 0.480. The molecule has 1 amide bonds. The number of carbonyl (C=O) groups is 1. The monoisotopic (exact) mass is 466 g/mol. The van der Waals surface area contributed by atoms with E-state index in [0.717, 1.165) is 42.9 Å². The average Bonchev–Trinajstić information content (AvgIpc) is 3.26. The summed E-state index contributed by atoms with van der Waals surface area (Å²) in [7, 11) is 0. The Hall–Kier alpha value is -3.49. The first-order valence-corrected chi connectivity index (χ1v) is 11.7. The molecule has 2 aliphatic rings. The fourth-order valence-electron chi connectivity index (χ4n) is 4.49. The van der Waals surface area contributed by atoms with E-state index in [0.29, 0.717) is 25.3 Å². The van der Waals surface area contributed by atoms with Crippen LogP contribution in [0, 0.1) is 0 Å². The van der Waals surface area contributed by atoms with Crippen LogP contribution in [0.1, 0.15) is 44.7 Å². The number of hydrogen-bond acceptors (Lipinski definition) is 7. The molecule has 0 saturated carbocycles. The van der Waals surface area contributed by atoms with E-state index in [1.54, 1.807) is 11.1 Å². The van der Waals surface area contributed by atoms with E-state index in [1.165, 1.54) is 16.4 Å².